The van der Waals surface area contributed by atoms with E-state index in [1.807, 2.05) is 89.8 Å². The standard InChI is InChI=1S/C25H24N2O3S/c28-23-18-31-25(27(23)17-19-7-3-1-4-8-19)21-13-11-20(12-14-21)24(29)26-15-16-30-22-9-5-2-6-10-22/h1-14,25H,15-18H2,(H,26,29)/t25-/m1/s1. The minimum Gasteiger partial charge on any atom is -0.492 e. The molecule has 0 radical (unpaired) electrons. The summed E-state index contributed by atoms with van der Waals surface area (Å²) in [6.45, 7) is 1.41. The Morgan fingerprint density at radius 1 is 0.968 bits per heavy atom. The summed E-state index contributed by atoms with van der Waals surface area (Å²) in [5.41, 5.74) is 2.72. The van der Waals surface area contributed by atoms with Gasteiger partial charge in [0.05, 0.1) is 12.3 Å². The zero-order valence-electron chi connectivity index (χ0n) is 17.1. The number of benzene rings is 3. The maximum atomic E-state index is 12.4. The van der Waals surface area contributed by atoms with Crippen LogP contribution in [0.25, 0.3) is 0 Å². The summed E-state index contributed by atoms with van der Waals surface area (Å²) in [5, 5.41) is 2.84. The number of hydrogen-bond acceptors (Lipinski definition) is 4. The van der Waals surface area contributed by atoms with Gasteiger partial charge in [0.15, 0.2) is 0 Å². The quantitative estimate of drug-likeness (QED) is 0.540. The number of ether oxygens (including phenoxy) is 1. The van der Waals surface area contributed by atoms with Gasteiger partial charge in [0.1, 0.15) is 17.7 Å². The van der Waals surface area contributed by atoms with E-state index in [0.717, 1.165) is 16.9 Å². The van der Waals surface area contributed by atoms with Crippen molar-refractivity contribution in [2.24, 2.45) is 0 Å². The second-order valence-corrected chi connectivity index (χ2v) is 8.28. The second kappa shape index (κ2) is 10.2. The number of carbonyl (C=O) groups excluding carboxylic acids is 2. The number of para-hydroxylation sites is 1. The van der Waals surface area contributed by atoms with Crippen molar-refractivity contribution in [2.45, 2.75) is 11.9 Å². The number of nitrogens with zero attached hydrogens (tertiary/aromatic N) is 1. The van der Waals surface area contributed by atoms with Gasteiger partial charge in [0, 0.05) is 12.1 Å². The smallest absolute Gasteiger partial charge is 0.251 e. The fourth-order valence-electron chi connectivity index (χ4n) is 3.43. The van der Waals surface area contributed by atoms with Crippen LogP contribution in [0.4, 0.5) is 0 Å². The summed E-state index contributed by atoms with van der Waals surface area (Å²) in [7, 11) is 0. The lowest BCUT2D eigenvalue weighted by Gasteiger charge is -2.24. The molecule has 0 aromatic heterocycles. The maximum absolute atomic E-state index is 12.4. The summed E-state index contributed by atoms with van der Waals surface area (Å²) in [5.74, 6) is 1.25. The number of hydrogen-bond donors (Lipinski definition) is 1. The minimum absolute atomic E-state index is 0.0379. The van der Waals surface area contributed by atoms with Crippen molar-refractivity contribution in [1.29, 1.82) is 0 Å². The summed E-state index contributed by atoms with van der Waals surface area (Å²) >= 11 is 1.62. The average molecular weight is 433 g/mol. The van der Waals surface area contributed by atoms with Gasteiger partial charge in [-0.25, -0.2) is 0 Å². The topological polar surface area (TPSA) is 58.6 Å². The Labute approximate surface area is 186 Å². The van der Waals surface area contributed by atoms with E-state index in [-0.39, 0.29) is 17.2 Å². The first-order valence-electron chi connectivity index (χ1n) is 10.2. The van der Waals surface area contributed by atoms with Crippen molar-refractivity contribution >= 4 is 23.6 Å². The third kappa shape index (κ3) is 5.47. The average Bonchev–Trinajstić information content (AvgIpc) is 3.18. The third-order valence-electron chi connectivity index (χ3n) is 5.02. The first-order chi connectivity index (χ1) is 15.2. The minimum atomic E-state index is -0.139. The van der Waals surface area contributed by atoms with E-state index < -0.39 is 0 Å². The van der Waals surface area contributed by atoms with Gasteiger partial charge in [0.2, 0.25) is 5.91 Å². The summed E-state index contributed by atoms with van der Waals surface area (Å²) in [4.78, 5) is 26.7. The van der Waals surface area contributed by atoms with Crippen LogP contribution in [-0.4, -0.2) is 35.6 Å². The largest absolute Gasteiger partial charge is 0.492 e. The van der Waals surface area contributed by atoms with Gasteiger partial charge in [-0.05, 0) is 35.4 Å². The van der Waals surface area contributed by atoms with E-state index in [2.05, 4.69) is 5.32 Å². The highest BCUT2D eigenvalue weighted by molar-refractivity contribution is 8.00. The Hall–Kier alpha value is -3.25. The van der Waals surface area contributed by atoms with E-state index in [0.29, 0.717) is 31.0 Å². The van der Waals surface area contributed by atoms with Crippen LogP contribution in [0, 0.1) is 0 Å². The zero-order valence-corrected chi connectivity index (χ0v) is 17.9. The second-order valence-electron chi connectivity index (χ2n) is 7.21. The lowest BCUT2D eigenvalue weighted by atomic mass is 10.1. The molecule has 0 saturated carbocycles. The normalized spacial score (nSPS) is 15.7. The van der Waals surface area contributed by atoms with Crippen LogP contribution in [0.5, 0.6) is 5.75 Å². The fourth-order valence-corrected chi connectivity index (χ4v) is 4.62. The number of nitrogens with one attached hydrogen (secondary N) is 1. The van der Waals surface area contributed by atoms with Crippen LogP contribution in [0.15, 0.2) is 84.9 Å². The molecule has 5 nitrogen and oxygen atoms in total. The molecule has 6 heteroatoms. The van der Waals surface area contributed by atoms with E-state index in [1.165, 1.54) is 0 Å². The molecule has 1 heterocycles. The van der Waals surface area contributed by atoms with Gasteiger partial charge in [-0.15, -0.1) is 11.8 Å². The zero-order chi connectivity index (χ0) is 21.5. The summed E-state index contributed by atoms with van der Waals surface area (Å²) in [6, 6.07) is 27.0. The van der Waals surface area contributed by atoms with Crippen molar-refractivity contribution in [3.05, 3.63) is 102 Å². The van der Waals surface area contributed by atoms with Crippen LogP contribution in [0.3, 0.4) is 0 Å². The van der Waals surface area contributed by atoms with E-state index in [4.69, 9.17) is 4.74 Å². The molecule has 1 aliphatic rings. The van der Waals surface area contributed by atoms with Gasteiger partial charge in [-0.1, -0.05) is 60.7 Å². The van der Waals surface area contributed by atoms with Gasteiger partial charge >= 0.3 is 0 Å². The van der Waals surface area contributed by atoms with Crippen molar-refractivity contribution in [1.82, 2.24) is 10.2 Å². The Morgan fingerprint density at radius 2 is 1.65 bits per heavy atom. The van der Waals surface area contributed by atoms with Gasteiger partial charge < -0.3 is 15.0 Å². The molecule has 3 aromatic carbocycles. The lowest BCUT2D eigenvalue weighted by molar-refractivity contribution is -0.128. The number of amides is 2. The Morgan fingerprint density at radius 3 is 2.35 bits per heavy atom. The maximum Gasteiger partial charge on any atom is 0.251 e. The Kier molecular flexibility index (Phi) is 6.89. The number of carbonyl (C=O) groups is 2. The molecular weight excluding hydrogens is 408 g/mol. The molecule has 31 heavy (non-hydrogen) atoms. The molecule has 4 rings (SSSR count). The van der Waals surface area contributed by atoms with Crippen LogP contribution in [0.2, 0.25) is 0 Å². The molecule has 0 aliphatic carbocycles. The van der Waals surface area contributed by atoms with E-state index in [1.54, 1.807) is 11.8 Å². The van der Waals surface area contributed by atoms with Crippen LogP contribution >= 0.6 is 11.8 Å². The summed E-state index contributed by atoms with van der Waals surface area (Å²) < 4.78 is 5.59. The predicted octanol–water partition coefficient (Wildman–Crippen LogP) is 4.27. The van der Waals surface area contributed by atoms with Crippen LogP contribution in [-0.2, 0) is 11.3 Å². The Balaban J connectivity index is 1.32. The van der Waals surface area contributed by atoms with Crippen molar-refractivity contribution in [3.8, 4) is 5.75 Å². The predicted molar refractivity (Wildman–Crippen MR) is 123 cm³/mol. The molecule has 1 N–H and O–H groups in total. The number of thioether (sulfide) groups is 1. The third-order valence-corrected chi connectivity index (χ3v) is 6.28. The number of rotatable bonds is 8. The first kappa shape index (κ1) is 21.0. The Bertz CT molecular complexity index is 1010. The van der Waals surface area contributed by atoms with Crippen molar-refractivity contribution in [3.63, 3.8) is 0 Å². The van der Waals surface area contributed by atoms with E-state index in [9.17, 15) is 9.59 Å². The molecular formula is C25H24N2O3S. The highest BCUT2D eigenvalue weighted by Crippen LogP contribution is 2.39. The molecule has 0 unspecified atom stereocenters. The molecule has 1 fully saturated rings. The molecule has 1 aliphatic heterocycles. The molecule has 0 spiro atoms. The van der Waals surface area contributed by atoms with E-state index >= 15 is 0 Å². The highest BCUT2D eigenvalue weighted by atomic mass is 32.2. The monoisotopic (exact) mass is 432 g/mol. The van der Waals surface area contributed by atoms with Gasteiger partial charge in [0.25, 0.3) is 5.91 Å². The van der Waals surface area contributed by atoms with Crippen LogP contribution in [0.1, 0.15) is 26.9 Å². The molecule has 1 saturated heterocycles. The fraction of sp³-hybridized carbons (Fsp3) is 0.200. The first-order valence-corrected chi connectivity index (χ1v) is 11.3. The molecule has 0 bridgehead atoms. The molecule has 158 valence electrons. The molecule has 1 atom stereocenters. The molecule has 3 aromatic rings. The van der Waals surface area contributed by atoms with Gasteiger partial charge in [-0.3, -0.25) is 9.59 Å². The lowest BCUT2D eigenvalue weighted by Crippen LogP contribution is -2.28. The SMILES string of the molecule is O=C(NCCOc1ccccc1)c1ccc([C@H]2SCC(=O)N2Cc2ccccc2)cc1. The highest BCUT2D eigenvalue weighted by Gasteiger charge is 2.32. The van der Waals surface area contributed by atoms with Crippen molar-refractivity contribution in [2.75, 3.05) is 18.9 Å². The summed E-state index contributed by atoms with van der Waals surface area (Å²) in [6.07, 6.45) is 0. The van der Waals surface area contributed by atoms with Crippen LogP contribution < -0.4 is 10.1 Å². The molecule has 2 amide bonds. The van der Waals surface area contributed by atoms with Crippen molar-refractivity contribution < 1.29 is 14.3 Å². The van der Waals surface area contributed by atoms with Gasteiger partial charge in [-0.2, -0.15) is 0 Å².